The molecule has 1 aromatic heterocycles. The molecule has 2 rings (SSSR count). The number of amides is 1. The maximum Gasteiger partial charge on any atom is 0.287 e. The first-order chi connectivity index (χ1) is 10.4. The summed E-state index contributed by atoms with van der Waals surface area (Å²) in [4.78, 5) is 12.2. The van der Waals surface area contributed by atoms with Gasteiger partial charge < -0.3 is 9.73 Å². The minimum Gasteiger partial charge on any atom is -0.455 e. The summed E-state index contributed by atoms with van der Waals surface area (Å²) in [6.45, 7) is 2.23. The molecule has 7 heteroatoms. The zero-order chi connectivity index (χ0) is 16.2. The standard InChI is InChI=1S/C15H24N2O4S/c1-3-11-5-4-6-12(9-11)17-15(18)14-8-7-13(21-14)10-16-22(2,19)20/h7-8,11-12,16H,3-6,9-10H2,1-2H3,(H,17,18). The van der Waals surface area contributed by atoms with Gasteiger partial charge in [0.25, 0.3) is 5.91 Å². The molecule has 0 spiro atoms. The highest BCUT2D eigenvalue weighted by atomic mass is 32.2. The highest BCUT2D eigenvalue weighted by Crippen LogP contribution is 2.26. The van der Waals surface area contributed by atoms with Gasteiger partial charge in [-0.3, -0.25) is 4.79 Å². The molecule has 2 unspecified atom stereocenters. The monoisotopic (exact) mass is 328 g/mol. The van der Waals surface area contributed by atoms with Gasteiger partial charge in [-0.05, 0) is 30.9 Å². The van der Waals surface area contributed by atoms with E-state index in [9.17, 15) is 13.2 Å². The van der Waals surface area contributed by atoms with E-state index in [1.165, 1.54) is 6.42 Å². The zero-order valence-corrected chi connectivity index (χ0v) is 13.9. The SMILES string of the molecule is CCC1CCCC(NC(=O)c2ccc(CNS(C)(=O)=O)o2)C1. The lowest BCUT2D eigenvalue weighted by atomic mass is 9.84. The van der Waals surface area contributed by atoms with Gasteiger partial charge in [0.1, 0.15) is 5.76 Å². The van der Waals surface area contributed by atoms with Crippen LogP contribution in [0.3, 0.4) is 0 Å². The Labute approximate surface area is 131 Å². The van der Waals surface area contributed by atoms with E-state index in [1.54, 1.807) is 12.1 Å². The van der Waals surface area contributed by atoms with E-state index in [4.69, 9.17) is 4.42 Å². The van der Waals surface area contributed by atoms with Gasteiger partial charge in [0, 0.05) is 6.04 Å². The van der Waals surface area contributed by atoms with Crippen LogP contribution in [0.4, 0.5) is 0 Å². The van der Waals surface area contributed by atoms with Crippen LogP contribution in [0, 0.1) is 5.92 Å². The van der Waals surface area contributed by atoms with Gasteiger partial charge in [-0.2, -0.15) is 0 Å². The van der Waals surface area contributed by atoms with Crippen molar-refractivity contribution in [3.8, 4) is 0 Å². The van der Waals surface area contributed by atoms with E-state index in [0.717, 1.165) is 31.9 Å². The van der Waals surface area contributed by atoms with Gasteiger partial charge in [0.05, 0.1) is 12.8 Å². The molecule has 1 fully saturated rings. The zero-order valence-electron chi connectivity index (χ0n) is 13.1. The van der Waals surface area contributed by atoms with E-state index in [0.29, 0.717) is 11.7 Å². The summed E-state index contributed by atoms with van der Waals surface area (Å²) >= 11 is 0. The van der Waals surface area contributed by atoms with Crippen LogP contribution in [0.25, 0.3) is 0 Å². The molecule has 1 aromatic rings. The molecule has 0 saturated heterocycles. The lowest BCUT2D eigenvalue weighted by molar-refractivity contribution is 0.0889. The quantitative estimate of drug-likeness (QED) is 0.836. The van der Waals surface area contributed by atoms with Gasteiger partial charge in [-0.25, -0.2) is 13.1 Å². The summed E-state index contributed by atoms with van der Waals surface area (Å²) in [5, 5.41) is 3.01. The minimum atomic E-state index is -3.28. The largest absolute Gasteiger partial charge is 0.455 e. The molecule has 124 valence electrons. The predicted molar refractivity (Wildman–Crippen MR) is 83.9 cm³/mol. The summed E-state index contributed by atoms with van der Waals surface area (Å²) in [6.07, 6.45) is 6.64. The predicted octanol–water partition coefficient (Wildman–Crippen LogP) is 2.03. The smallest absolute Gasteiger partial charge is 0.287 e. The van der Waals surface area contributed by atoms with Gasteiger partial charge in [-0.15, -0.1) is 0 Å². The number of carbonyl (C=O) groups is 1. The van der Waals surface area contributed by atoms with E-state index >= 15 is 0 Å². The Hall–Kier alpha value is -1.34. The van der Waals surface area contributed by atoms with Crippen molar-refractivity contribution in [3.63, 3.8) is 0 Å². The molecule has 2 N–H and O–H groups in total. The maximum absolute atomic E-state index is 12.2. The molecule has 1 aliphatic carbocycles. The third-order valence-electron chi connectivity index (χ3n) is 4.09. The van der Waals surface area contributed by atoms with Crippen molar-refractivity contribution in [1.29, 1.82) is 0 Å². The highest BCUT2D eigenvalue weighted by Gasteiger charge is 2.23. The molecule has 1 heterocycles. The third kappa shape index (κ3) is 5.14. The first-order valence-electron chi connectivity index (χ1n) is 7.71. The molecule has 1 saturated carbocycles. The summed E-state index contributed by atoms with van der Waals surface area (Å²) in [7, 11) is -3.28. The Morgan fingerprint density at radius 2 is 2.14 bits per heavy atom. The molecular weight excluding hydrogens is 304 g/mol. The van der Waals surface area contributed by atoms with E-state index in [2.05, 4.69) is 17.0 Å². The second kappa shape index (κ2) is 7.28. The number of furan rings is 1. The number of rotatable bonds is 6. The van der Waals surface area contributed by atoms with Crippen LogP contribution in [0.1, 0.15) is 55.3 Å². The first kappa shape index (κ1) is 17.0. The van der Waals surface area contributed by atoms with Crippen molar-refractivity contribution in [2.45, 2.75) is 51.6 Å². The average molecular weight is 328 g/mol. The lowest BCUT2D eigenvalue weighted by Gasteiger charge is -2.28. The fourth-order valence-corrected chi connectivity index (χ4v) is 3.25. The van der Waals surface area contributed by atoms with Gasteiger partial charge in [0.15, 0.2) is 5.76 Å². The second-order valence-corrected chi connectivity index (χ2v) is 7.80. The Morgan fingerprint density at radius 1 is 1.36 bits per heavy atom. The summed E-state index contributed by atoms with van der Waals surface area (Å²) in [5.74, 6) is 1.10. The Morgan fingerprint density at radius 3 is 2.82 bits per heavy atom. The van der Waals surface area contributed by atoms with Crippen LogP contribution in [0.5, 0.6) is 0 Å². The molecule has 6 nitrogen and oxygen atoms in total. The molecule has 1 amide bonds. The molecule has 1 aliphatic rings. The Balaban J connectivity index is 1.89. The molecule has 2 atom stereocenters. The van der Waals surface area contributed by atoms with Crippen molar-refractivity contribution in [1.82, 2.24) is 10.0 Å². The van der Waals surface area contributed by atoms with Gasteiger partial charge in [-0.1, -0.05) is 26.2 Å². The molecule has 22 heavy (non-hydrogen) atoms. The van der Waals surface area contributed by atoms with Crippen molar-refractivity contribution in [2.75, 3.05) is 6.26 Å². The van der Waals surface area contributed by atoms with Crippen LogP contribution in [-0.2, 0) is 16.6 Å². The van der Waals surface area contributed by atoms with Crippen molar-refractivity contribution >= 4 is 15.9 Å². The molecule has 0 radical (unpaired) electrons. The Bertz CT molecular complexity index is 609. The fourth-order valence-electron chi connectivity index (χ4n) is 2.85. The van der Waals surface area contributed by atoms with Gasteiger partial charge >= 0.3 is 0 Å². The third-order valence-corrected chi connectivity index (χ3v) is 4.76. The van der Waals surface area contributed by atoms with E-state index in [1.807, 2.05) is 0 Å². The Kier molecular flexibility index (Phi) is 5.63. The van der Waals surface area contributed by atoms with Crippen LogP contribution >= 0.6 is 0 Å². The maximum atomic E-state index is 12.2. The number of hydrogen-bond acceptors (Lipinski definition) is 4. The van der Waals surface area contributed by atoms with Crippen LogP contribution < -0.4 is 10.0 Å². The van der Waals surface area contributed by atoms with Crippen LogP contribution in [0.2, 0.25) is 0 Å². The lowest BCUT2D eigenvalue weighted by Crippen LogP contribution is -2.38. The molecule has 0 aliphatic heterocycles. The molecular formula is C15H24N2O4S. The van der Waals surface area contributed by atoms with Crippen molar-refractivity contribution in [3.05, 3.63) is 23.7 Å². The topological polar surface area (TPSA) is 88.4 Å². The van der Waals surface area contributed by atoms with Crippen molar-refractivity contribution in [2.24, 2.45) is 5.92 Å². The molecule has 0 aromatic carbocycles. The van der Waals surface area contributed by atoms with Gasteiger partial charge in [0.2, 0.25) is 10.0 Å². The second-order valence-electron chi connectivity index (χ2n) is 5.97. The average Bonchev–Trinajstić information content (AvgIpc) is 2.94. The number of sulfonamides is 1. The number of nitrogens with one attached hydrogen (secondary N) is 2. The molecule has 0 bridgehead atoms. The minimum absolute atomic E-state index is 0.0491. The van der Waals surface area contributed by atoms with E-state index < -0.39 is 10.0 Å². The highest BCUT2D eigenvalue weighted by molar-refractivity contribution is 7.88. The number of hydrogen-bond donors (Lipinski definition) is 2. The van der Waals surface area contributed by atoms with Crippen LogP contribution in [-0.4, -0.2) is 26.6 Å². The van der Waals surface area contributed by atoms with Crippen molar-refractivity contribution < 1.29 is 17.6 Å². The fraction of sp³-hybridized carbons (Fsp3) is 0.667. The normalized spacial score (nSPS) is 22.5. The summed E-state index contributed by atoms with van der Waals surface area (Å²) in [5.41, 5.74) is 0. The summed E-state index contributed by atoms with van der Waals surface area (Å²) < 4.78 is 29.8. The first-order valence-corrected chi connectivity index (χ1v) is 9.60. The van der Waals surface area contributed by atoms with Crippen LogP contribution in [0.15, 0.2) is 16.5 Å². The summed E-state index contributed by atoms with van der Waals surface area (Å²) in [6, 6.07) is 3.39. The number of carbonyl (C=O) groups excluding carboxylic acids is 1. The van der Waals surface area contributed by atoms with E-state index in [-0.39, 0.29) is 24.3 Å².